The molecule has 4 aromatic rings. The highest BCUT2D eigenvalue weighted by Gasteiger charge is 2.20. The first-order valence-electron chi connectivity index (χ1n) is 11.1. The SMILES string of the molecule is OCC1CN(c2ccc(Nc3nc(-c4ccc5c(c4)CN=C5)cn4ccnc34)cc2)CCO1. The smallest absolute Gasteiger partial charge is 0.180 e. The summed E-state index contributed by atoms with van der Waals surface area (Å²) in [5.74, 6) is 0.703. The van der Waals surface area contributed by atoms with E-state index >= 15 is 0 Å². The lowest BCUT2D eigenvalue weighted by Crippen LogP contribution is -2.44. The van der Waals surface area contributed by atoms with Gasteiger partial charge >= 0.3 is 0 Å². The number of morpholine rings is 1. The Labute approximate surface area is 191 Å². The van der Waals surface area contributed by atoms with Crippen LogP contribution in [0.3, 0.4) is 0 Å². The van der Waals surface area contributed by atoms with Crippen molar-refractivity contribution in [2.24, 2.45) is 4.99 Å². The van der Waals surface area contributed by atoms with E-state index in [2.05, 4.69) is 50.5 Å². The van der Waals surface area contributed by atoms with Crippen LogP contribution in [-0.4, -0.2) is 58.1 Å². The fourth-order valence-electron chi connectivity index (χ4n) is 4.38. The summed E-state index contributed by atoms with van der Waals surface area (Å²) >= 11 is 0. The summed E-state index contributed by atoms with van der Waals surface area (Å²) in [7, 11) is 0. The highest BCUT2D eigenvalue weighted by Crippen LogP contribution is 2.28. The van der Waals surface area contributed by atoms with Crippen LogP contribution in [0.2, 0.25) is 0 Å². The number of nitrogens with one attached hydrogen (secondary N) is 1. The van der Waals surface area contributed by atoms with Crippen molar-refractivity contribution in [2.45, 2.75) is 12.6 Å². The van der Waals surface area contributed by atoms with E-state index in [9.17, 15) is 5.11 Å². The second-order valence-corrected chi connectivity index (χ2v) is 8.31. The van der Waals surface area contributed by atoms with Crippen molar-refractivity contribution < 1.29 is 9.84 Å². The zero-order valence-corrected chi connectivity index (χ0v) is 18.1. The maximum absolute atomic E-state index is 9.40. The van der Waals surface area contributed by atoms with E-state index in [4.69, 9.17) is 9.72 Å². The number of aliphatic imine (C=N–C) groups is 1. The van der Waals surface area contributed by atoms with Crippen molar-refractivity contribution in [3.8, 4) is 11.3 Å². The number of aliphatic hydroxyl groups excluding tert-OH is 1. The number of aromatic nitrogens is 3. The van der Waals surface area contributed by atoms with Gasteiger partial charge in [-0.2, -0.15) is 0 Å². The Hall–Kier alpha value is -3.75. The summed E-state index contributed by atoms with van der Waals surface area (Å²) in [6.07, 6.45) is 7.50. The van der Waals surface area contributed by atoms with E-state index < -0.39 is 0 Å². The van der Waals surface area contributed by atoms with Crippen LogP contribution in [0.25, 0.3) is 16.9 Å². The van der Waals surface area contributed by atoms with Gasteiger partial charge in [-0.05, 0) is 41.5 Å². The Bertz CT molecular complexity index is 1330. The predicted molar refractivity (Wildman–Crippen MR) is 128 cm³/mol. The number of aliphatic hydroxyl groups is 1. The van der Waals surface area contributed by atoms with Crippen LogP contribution in [0.1, 0.15) is 11.1 Å². The molecule has 0 radical (unpaired) electrons. The Morgan fingerprint density at radius 1 is 1.15 bits per heavy atom. The molecule has 1 unspecified atom stereocenters. The molecule has 2 aromatic heterocycles. The average Bonchev–Trinajstić information content (AvgIpc) is 3.53. The molecule has 4 heterocycles. The molecule has 1 saturated heterocycles. The van der Waals surface area contributed by atoms with E-state index in [1.807, 2.05) is 35.1 Å². The van der Waals surface area contributed by atoms with Crippen molar-refractivity contribution in [1.82, 2.24) is 14.4 Å². The van der Waals surface area contributed by atoms with Crippen LogP contribution < -0.4 is 10.2 Å². The molecule has 0 aliphatic carbocycles. The third-order valence-electron chi connectivity index (χ3n) is 6.14. The zero-order chi connectivity index (χ0) is 22.2. The van der Waals surface area contributed by atoms with Gasteiger partial charge in [0.15, 0.2) is 11.5 Å². The predicted octanol–water partition coefficient (Wildman–Crippen LogP) is 3.27. The minimum atomic E-state index is -0.136. The van der Waals surface area contributed by atoms with Crippen molar-refractivity contribution >= 4 is 29.1 Å². The third-order valence-corrected chi connectivity index (χ3v) is 6.14. The maximum Gasteiger partial charge on any atom is 0.180 e. The fourth-order valence-corrected chi connectivity index (χ4v) is 4.38. The molecule has 2 aliphatic rings. The minimum Gasteiger partial charge on any atom is -0.394 e. The molecule has 2 aromatic carbocycles. The third kappa shape index (κ3) is 3.83. The molecule has 1 atom stereocenters. The second kappa shape index (κ2) is 8.31. The number of rotatable bonds is 5. The Morgan fingerprint density at radius 2 is 2.06 bits per heavy atom. The summed E-state index contributed by atoms with van der Waals surface area (Å²) in [5, 5.41) is 12.8. The summed E-state index contributed by atoms with van der Waals surface area (Å²) < 4.78 is 7.55. The molecule has 6 rings (SSSR count). The van der Waals surface area contributed by atoms with E-state index in [0.717, 1.165) is 41.4 Å². The summed E-state index contributed by atoms with van der Waals surface area (Å²) in [4.78, 5) is 16.0. The molecular formula is C25H24N6O2. The van der Waals surface area contributed by atoms with E-state index in [0.29, 0.717) is 19.0 Å². The van der Waals surface area contributed by atoms with Gasteiger partial charge in [0.1, 0.15) is 0 Å². The molecule has 0 amide bonds. The molecule has 1 fully saturated rings. The van der Waals surface area contributed by atoms with Crippen molar-refractivity contribution in [2.75, 3.05) is 36.5 Å². The molecule has 0 saturated carbocycles. The molecule has 0 bridgehead atoms. The summed E-state index contributed by atoms with van der Waals surface area (Å²) in [6.45, 7) is 2.88. The first-order chi connectivity index (χ1) is 16.3. The number of imidazole rings is 1. The highest BCUT2D eigenvalue weighted by molar-refractivity contribution is 5.86. The molecular weight excluding hydrogens is 416 g/mol. The lowest BCUT2D eigenvalue weighted by molar-refractivity contribution is 0.00357. The molecule has 33 heavy (non-hydrogen) atoms. The van der Waals surface area contributed by atoms with Gasteiger partial charge in [-0.15, -0.1) is 0 Å². The maximum atomic E-state index is 9.40. The quantitative estimate of drug-likeness (QED) is 0.495. The van der Waals surface area contributed by atoms with Gasteiger partial charge in [-0.3, -0.25) is 4.99 Å². The normalized spacial score (nSPS) is 17.5. The first-order valence-corrected chi connectivity index (χ1v) is 11.1. The molecule has 2 aliphatic heterocycles. The van der Waals surface area contributed by atoms with Gasteiger partial charge in [0.25, 0.3) is 0 Å². The highest BCUT2D eigenvalue weighted by atomic mass is 16.5. The lowest BCUT2D eigenvalue weighted by atomic mass is 10.0. The number of anilines is 3. The number of hydrogen-bond donors (Lipinski definition) is 2. The molecule has 0 spiro atoms. The minimum absolute atomic E-state index is 0.0374. The Morgan fingerprint density at radius 3 is 2.94 bits per heavy atom. The number of hydrogen-bond acceptors (Lipinski definition) is 7. The Kier molecular flexibility index (Phi) is 5.01. The van der Waals surface area contributed by atoms with Crippen molar-refractivity contribution in [3.05, 3.63) is 72.2 Å². The largest absolute Gasteiger partial charge is 0.394 e. The van der Waals surface area contributed by atoms with Crippen LogP contribution in [0.5, 0.6) is 0 Å². The van der Waals surface area contributed by atoms with Crippen molar-refractivity contribution in [3.63, 3.8) is 0 Å². The number of benzene rings is 2. The van der Waals surface area contributed by atoms with Gasteiger partial charge in [0.05, 0.1) is 31.6 Å². The summed E-state index contributed by atoms with van der Waals surface area (Å²) in [5.41, 5.74) is 7.13. The number of nitrogens with zero attached hydrogens (tertiary/aromatic N) is 5. The topological polar surface area (TPSA) is 87.3 Å². The molecule has 8 nitrogen and oxygen atoms in total. The van der Waals surface area contributed by atoms with E-state index in [1.165, 1.54) is 11.1 Å². The van der Waals surface area contributed by atoms with Crippen molar-refractivity contribution in [1.29, 1.82) is 0 Å². The van der Waals surface area contributed by atoms with E-state index in [-0.39, 0.29) is 12.7 Å². The van der Waals surface area contributed by atoms with Gasteiger partial charge in [-0.1, -0.05) is 12.1 Å². The van der Waals surface area contributed by atoms with E-state index in [1.54, 1.807) is 6.20 Å². The molecule has 2 N–H and O–H groups in total. The van der Waals surface area contributed by atoms with Crippen LogP contribution in [0.15, 0.2) is 66.0 Å². The molecule has 8 heteroatoms. The molecule has 166 valence electrons. The lowest BCUT2D eigenvalue weighted by Gasteiger charge is -2.33. The standard InChI is InChI=1S/C25H24N6O2/c32-16-22-14-30(9-10-33-22)21-5-3-20(4-6-21)28-24-25-27-7-8-31(25)15-23(29-24)17-1-2-18-12-26-13-19(18)11-17/h1-8,11-12,15,22,32H,9-10,13-14,16H2,(H,28,29). The van der Waals surface area contributed by atoms with Crippen LogP contribution in [0, 0.1) is 0 Å². The first kappa shape index (κ1) is 19.9. The van der Waals surface area contributed by atoms with Crippen LogP contribution in [0.4, 0.5) is 17.2 Å². The zero-order valence-electron chi connectivity index (χ0n) is 18.1. The number of fused-ring (bicyclic) bond motifs is 2. The fraction of sp³-hybridized carbons (Fsp3) is 0.240. The average molecular weight is 441 g/mol. The van der Waals surface area contributed by atoms with Gasteiger partial charge in [0, 0.05) is 54.8 Å². The number of ether oxygens (including phenoxy) is 1. The van der Waals surface area contributed by atoms with Crippen LogP contribution >= 0.6 is 0 Å². The monoisotopic (exact) mass is 440 g/mol. The summed E-state index contributed by atoms with van der Waals surface area (Å²) in [6, 6.07) is 14.6. The van der Waals surface area contributed by atoms with Gasteiger partial charge < -0.3 is 24.5 Å². The van der Waals surface area contributed by atoms with Gasteiger partial charge in [-0.25, -0.2) is 9.97 Å². The van der Waals surface area contributed by atoms with Gasteiger partial charge in [0.2, 0.25) is 0 Å². The second-order valence-electron chi connectivity index (χ2n) is 8.31. The Balaban J connectivity index is 1.28. The van der Waals surface area contributed by atoms with Crippen LogP contribution in [-0.2, 0) is 11.3 Å².